The Balaban J connectivity index is 0.00000181. The average molecular weight is 494 g/mol. The number of fused-ring (bicyclic) bond motifs is 1. The minimum atomic E-state index is 0. The SMILES string of the molecule is CC(C)c1ccc2nc(C=Cc3ccc(Cl)cc3)nc(NC3CCCCC3N)c2c1.Cl.Cl. The fourth-order valence-corrected chi connectivity index (χ4v) is 4.09. The van der Waals surface area contributed by atoms with E-state index >= 15 is 0 Å². The number of nitrogens with one attached hydrogen (secondary N) is 1. The molecule has 2 aromatic carbocycles. The molecule has 1 fully saturated rings. The Morgan fingerprint density at radius 3 is 2.41 bits per heavy atom. The molecule has 0 radical (unpaired) electrons. The van der Waals surface area contributed by atoms with Crippen LogP contribution in [0.15, 0.2) is 42.5 Å². The van der Waals surface area contributed by atoms with E-state index in [1.54, 1.807) is 0 Å². The molecule has 1 aliphatic carbocycles. The van der Waals surface area contributed by atoms with E-state index in [2.05, 4.69) is 37.4 Å². The second-order valence-electron chi connectivity index (χ2n) is 8.45. The van der Waals surface area contributed by atoms with Crippen molar-refractivity contribution in [3.63, 3.8) is 0 Å². The summed E-state index contributed by atoms with van der Waals surface area (Å²) in [4.78, 5) is 9.66. The number of hydrogen-bond donors (Lipinski definition) is 2. The molecule has 2 atom stereocenters. The summed E-state index contributed by atoms with van der Waals surface area (Å²) in [5, 5.41) is 5.44. The standard InChI is InChI=1S/C25H29ClN4.2ClH/c1-16(2)18-10-13-22-20(15-18)25(29-23-6-4-3-5-21(23)27)30-24(28-22)14-9-17-7-11-19(26)12-8-17;;/h7-16,21,23H,3-6,27H2,1-2H3,(H,28,29,30);2*1H. The molecule has 3 N–H and O–H groups in total. The first-order valence-corrected chi connectivity index (χ1v) is 11.1. The van der Waals surface area contributed by atoms with Gasteiger partial charge in [-0.2, -0.15) is 0 Å². The van der Waals surface area contributed by atoms with Gasteiger partial charge < -0.3 is 11.1 Å². The lowest BCUT2D eigenvalue weighted by Crippen LogP contribution is -2.42. The highest BCUT2D eigenvalue weighted by Crippen LogP contribution is 2.28. The molecule has 4 rings (SSSR count). The summed E-state index contributed by atoms with van der Waals surface area (Å²) in [5.74, 6) is 2.01. The molecule has 4 nitrogen and oxygen atoms in total. The van der Waals surface area contributed by atoms with E-state index in [0.717, 1.165) is 40.1 Å². The summed E-state index contributed by atoms with van der Waals surface area (Å²) in [6, 6.07) is 14.6. The van der Waals surface area contributed by atoms with Crippen molar-refractivity contribution < 1.29 is 0 Å². The third-order valence-electron chi connectivity index (χ3n) is 5.84. The Hall–Kier alpha value is -1.85. The summed E-state index contributed by atoms with van der Waals surface area (Å²) in [7, 11) is 0. The van der Waals surface area contributed by atoms with Gasteiger partial charge in [-0.1, -0.05) is 62.6 Å². The molecule has 1 aromatic heterocycles. The first-order valence-electron chi connectivity index (χ1n) is 10.8. The number of nitrogens with two attached hydrogens (primary N) is 1. The van der Waals surface area contributed by atoms with E-state index in [1.165, 1.54) is 18.4 Å². The lowest BCUT2D eigenvalue weighted by Gasteiger charge is -2.30. The smallest absolute Gasteiger partial charge is 0.154 e. The van der Waals surface area contributed by atoms with Crippen LogP contribution in [0, 0.1) is 0 Å². The van der Waals surface area contributed by atoms with E-state index in [1.807, 2.05) is 36.4 Å². The molecule has 1 aliphatic rings. The van der Waals surface area contributed by atoms with Crippen molar-refractivity contribution in [2.24, 2.45) is 5.73 Å². The average Bonchev–Trinajstić information content (AvgIpc) is 2.74. The van der Waals surface area contributed by atoms with Crippen LogP contribution in [0.1, 0.15) is 62.4 Å². The van der Waals surface area contributed by atoms with E-state index < -0.39 is 0 Å². The number of nitrogens with zero attached hydrogens (tertiary/aromatic N) is 2. The fraction of sp³-hybridized carbons (Fsp3) is 0.360. The molecule has 7 heteroatoms. The Labute approximate surface area is 207 Å². The maximum absolute atomic E-state index is 6.40. The van der Waals surface area contributed by atoms with Crippen molar-refractivity contribution >= 4 is 65.3 Å². The van der Waals surface area contributed by atoms with Gasteiger partial charge in [0.25, 0.3) is 0 Å². The molecule has 0 amide bonds. The number of benzene rings is 2. The number of aromatic nitrogens is 2. The van der Waals surface area contributed by atoms with E-state index in [4.69, 9.17) is 27.3 Å². The van der Waals surface area contributed by atoms with Crippen LogP contribution < -0.4 is 11.1 Å². The zero-order valence-electron chi connectivity index (χ0n) is 18.4. The van der Waals surface area contributed by atoms with Crippen LogP contribution in [0.5, 0.6) is 0 Å². The van der Waals surface area contributed by atoms with Crippen LogP contribution in [-0.4, -0.2) is 22.1 Å². The van der Waals surface area contributed by atoms with Gasteiger partial charge in [-0.25, -0.2) is 9.97 Å². The maximum Gasteiger partial charge on any atom is 0.154 e. The van der Waals surface area contributed by atoms with Crippen LogP contribution in [0.4, 0.5) is 5.82 Å². The molecule has 2 unspecified atom stereocenters. The summed E-state index contributed by atoms with van der Waals surface area (Å²) < 4.78 is 0. The number of hydrogen-bond acceptors (Lipinski definition) is 4. The van der Waals surface area contributed by atoms with Crippen LogP contribution >= 0.6 is 36.4 Å². The largest absolute Gasteiger partial charge is 0.365 e. The third-order valence-corrected chi connectivity index (χ3v) is 6.09. The topological polar surface area (TPSA) is 63.8 Å². The minimum Gasteiger partial charge on any atom is -0.365 e. The van der Waals surface area contributed by atoms with Gasteiger partial charge >= 0.3 is 0 Å². The summed E-state index contributed by atoms with van der Waals surface area (Å²) >= 11 is 5.99. The van der Waals surface area contributed by atoms with Gasteiger partial charge in [-0.3, -0.25) is 0 Å². The zero-order valence-corrected chi connectivity index (χ0v) is 20.8. The Bertz CT molecular complexity index is 1050. The molecular weight excluding hydrogens is 463 g/mol. The molecule has 3 aromatic rings. The molecule has 0 aliphatic heterocycles. The number of halogens is 3. The van der Waals surface area contributed by atoms with Crippen molar-refractivity contribution in [3.05, 3.63) is 64.4 Å². The Morgan fingerprint density at radius 1 is 1.00 bits per heavy atom. The number of anilines is 1. The second kappa shape index (κ2) is 11.9. The Morgan fingerprint density at radius 2 is 1.72 bits per heavy atom. The van der Waals surface area contributed by atoms with E-state index in [0.29, 0.717) is 11.7 Å². The van der Waals surface area contributed by atoms with Gasteiger partial charge in [-0.05, 0) is 60.2 Å². The van der Waals surface area contributed by atoms with Crippen molar-refractivity contribution in [3.8, 4) is 0 Å². The first kappa shape index (κ1) is 26.4. The van der Waals surface area contributed by atoms with Gasteiger partial charge in [0.15, 0.2) is 5.82 Å². The molecule has 1 heterocycles. The van der Waals surface area contributed by atoms with Crippen molar-refractivity contribution in [1.82, 2.24) is 9.97 Å². The quantitative estimate of drug-likeness (QED) is 0.398. The lowest BCUT2D eigenvalue weighted by atomic mass is 9.91. The minimum absolute atomic E-state index is 0. The van der Waals surface area contributed by atoms with E-state index in [-0.39, 0.29) is 36.9 Å². The van der Waals surface area contributed by atoms with Gasteiger partial charge in [0.1, 0.15) is 5.82 Å². The van der Waals surface area contributed by atoms with Crippen LogP contribution in [-0.2, 0) is 0 Å². The Kier molecular flexibility index (Phi) is 9.78. The predicted molar refractivity (Wildman–Crippen MR) is 142 cm³/mol. The monoisotopic (exact) mass is 492 g/mol. The molecule has 1 saturated carbocycles. The summed E-state index contributed by atoms with van der Waals surface area (Å²) in [5.41, 5.74) is 9.69. The van der Waals surface area contributed by atoms with Gasteiger partial charge in [0.2, 0.25) is 0 Å². The van der Waals surface area contributed by atoms with Gasteiger partial charge in [0, 0.05) is 22.5 Å². The highest BCUT2D eigenvalue weighted by molar-refractivity contribution is 6.30. The highest BCUT2D eigenvalue weighted by Gasteiger charge is 2.23. The molecule has 172 valence electrons. The summed E-state index contributed by atoms with van der Waals surface area (Å²) in [6.07, 6.45) is 8.50. The summed E-state index contributed by atoms with van der Waals surface area (Å²) in [6.45, 7) is 4.41. The molecule has 0 bridgehead atoms. The lowest BCUT2D eigenvalue weighted by molar-refractivity contribution is 0.403. The zero-order chi connectivity index (χ0) is 21.1. The van der Waals surface area contributed by atoms with Crippen molar-refractivity contribution in [2.75, 3.05) is 5.32 Å². The van der Waals surface area contributed by atoms with Crippen LogP contribution in [0.25, 0.3) is 23.1 Å². The third kappa shape index (κ3) is 6.35. The van der Waals surface area contributed by atoms with Crippen molar-refractivity contribution in [2.45, 2.75) is 57.5 Å². The second-order valence-corrected chi connectivity index (χ2v) is 8.88. The van der Waals surface area contributed by atoms with Crippen LogP contribution in [0.3, 0.4) is 0 Å². The first-order chi connectivity index (χ1) is 14.5. The van der Waals surface area contributed by atoms with Crippen molar-refractivity contribution in [1.29, 1.82) is 0 Å². The fourth-order valence-electron chi connectivity index (χ4n) is 3.97. The van der Waals surface area contributed by atoms with Crippen LogP contribution in [0.2, 0.25) is 5.02 Å². The molecule has 0 saturated heterocycles. The van der Waals surface area contributed by atoms with Gasteiger partial charge in [0.05, 0.1) is 5.52 Å². The van der Waals surface area contributed by atoms with E-state index in [9.17, 15) is 0 Å². The number of rotatable bonds is 5. The molecule has 0 spiro atoms. The normalized spacial score (nSPS) is 18.4. The highest BCUT2D eigenvalue weighted by atomic mass is 35.5. The van der Waals surface area contributed by atoms with Gasteiger partial charge in [-0.15, -0.1) is 24.8 Å². The molecule has 32 heavy (non-hydrogen) atoms. The molecular formula is C25H31Cl3N4. The maximum atomic E-state index is 6.40. The predicted octanol–water partition coefficient (Wildman–Crippen LogP) is 7.10.